The van der Waals surface area contributed by atoms with Crippen LogP contribution in [-0.4, -0.2) is 18.1 Å². The minimum atomic E-state index is -0.460. The second kappa shape index (κ2) is 8.06. The maximum Gasteiger partial charge on any atom is 0.167 e. The molecule has 1 aliphatic carbocycles. The number of benzene rings is 1. The highest BCUT2D eigenvalue weighted by Crippen LogP contribution is 2.25. The third-order valence-corrected chi connectivity index (χ3v) is 3.58. The van der Waals surface area contributed by atoms with Gasteiger partial charge in [0.2, 0.25) is 0 Å². The molecule has 0 amide bonds. The van der Waals surface area contributed by atoms with E-state index in [1.165, 1.54) is 13.2 Å². The van der Waals surface area contributed by atoms with Crippen molar-refractivity contribution in [2.75, 3.05) is 7.11 Å². The summed E-state index contributed by atoms with van der Waals surface area (Å²) in [6.45, 7) is 5.61. The topological polar surface area (TPSA) is 34.0 Å². The summed E-state index contributed by atoms with van der Waals surface area (Å²) in [7, 11) is 1.48. The normalized spacial score (nSPS) is 16.2. The van der Waals surface area contributed by atoms with Crippen LogP contribution in [0.5, 0.6) is 5.75 Å². The van der Waals surface area contributed by atoms with Gasteiger partial charge in [0, 0.05) is 0 Å². The Morgan fingerprint density at radius 3 is 2.71 bits per heavy atom. The van der Waals surface area contributed by atoms with E-state index in [-0.39, 0.29) is 16.6 Å². The van der Waals surface area contributed by atoms with Crippen LogP contribution >= 0.6 is 11.6 Å². The number of allylic oxidation sites excluding steroid dienone is 5. The molecule has 3 nitrogen and oxygen atoms in total. The lowest BCUT2D eigenvalue weighted by Gasteiger charge is -2.10. The summed E-state index contributed by atoms with van der Waals surface area (Å²) in [5.74, 6) is 0.0857. The Hall–Kier alpha value is -2.20. The molecule has 1 aromatic carbocycles. The number of hydrogen-bond acceptors (Lipinski definition) is 2. The minimum Gasteiger partial charge on any atom is -0.496 e. The smallest absolute Gasteiger partial charge is 0.167 e. The largest absolute Gasteiger partial charge is 0.496 e. The van der Waals surface area contributed by atoms with Gasteiger partial charge in [0.25, 0.3) is 0 Å². The van der Waals surface area contributed by atoms with Crippen molar-refractivity contribution in [3.05, 3.63) is 64.7 Å². The molecule has 1 aromatic rings. The molecule has 0 unspecified atom stereocenters. The average Bonchev–Trinajstić information content (AvgIpc) is 2.67. The van der Waals surface area contributed by atoms with Crippen molar-refractivity contribution in [1.29, 1.82) is 0 Å². The van der Waals surface area contributed by atoms with Gasteiger partial charge in [0.15, 0.2) is 5.84 Å². The molecule has 0 fully saturated rings. The van der Waals surface area contributed by atoms with E-state index in [0.717, 1.165) is 23.3 Å². The Bertz CT molecular complexity index is 785. The average molecular weight is 347 g/mol. The van der Waals surface area contributed by atoms with Gasteiger partial charge in [-0.05, 0) is 51.0 Å². The van der Waals surface area contributed by atoms with E-state index in [1.54, 1.807) is 19.1 Å². The quantitative estimate of drug-likeness (QED) is 0.531. The van der Waals surface area contributed by atoms with Gasteiger partial charge in [0.05, 0.1) is 18.4 Å². The third kappa shape index (κ3) is 4.42. The monoisotopic (exact) mass is 346 g/mol. The Labute approximate surface area is 146 Å². The number of hydrogen-bond donors (Lipinski definition) is 0. The molecule has 0 heterocycles. The maximum absolute atomic E-state index is 14.4. The number of amidine groups is 1. The van der Waals surface area contributed by atoms with E-state index in [9.17, 15) is 4.39 Å². The third-order valence-electron chi connectivity index (χ3n) is 3.50. The summed E-state index contributed by atoms with van der Waals surface area (Å²) in [4.78, 5) is 8.81. The Morgan fingerprint density at radius 1 is 1.29 bits per heavy atom. The van der Waals surface area contributed by atoms with Crippen LogP contribution in [0.3, 0.4) is 0 Å². The van der Waals surface area contributed by atoms with Crippen LogP contribution in [0.2, 0.25) is 0 Å². The maximum atomic E-state index is 14.4. The first-order chi connectivity index (χ1) is 11.4. The first kappa shape index (κ1) is 18.1. The van der Waals surface area contributed by atoms with Gasteiger partial charge in [-0.1, -0.05) is 35.4 Å². The fourth-order valence-electron chi connectivity index (χ4n) is 2.32. The van der Waals surface area contributed by atoms with E-state index in [4.69, 9.17) is 16.3 Å². The SMILES string of the molecule is COc1cccc(F)c1C(N=C(C)Cl)=NC1=C(C)C=CCC(C)=C1. The first-order valence-corrected chi connectivity index (χ1v) is 7.97. The van der Waals surface area contributed by atoms with Gasteiger partial charge >= 0.3 is 0 Å². The number of methoxy groups -OCH3 is 1. The van der Waals surface area contributed by atoms with E-state index in [0.29, 0.717) is 5.75 Å². The van der Waals surface area contributed by atoms with Gasteiger partial charge in [-0.15, -0.1) is 0 Å². The van der Waals surface area contributed by atoms with Crippen LogP contribution in [0.1, 0.15) is 32.8 Å². The fraction of sp³-hybridized carbons (Fsp3) is 0.263. The van der Waals surface area contributed by atoms with Crippen molar-refractivity contribution in [1.82, 2.24) is 0 Å². The van der Waals surface area contributed by atoms with Crippen molar-refractivity contribution in [3.8, 4) is 5.75 Å². The lowest BCUT2D eigenvalue weighted by atomic mass is 10.1. The molecule has 2 rings (SSSR count). The lowest BCUT2D eigenvalue weighted by molar-refractivity contribution is 0.410. The number of ether oxygens (including phenoxy) is 1. The Balaban J connectivity index is 2.70. The van der Waals surface area contributed by atoms with Crippen LogP contribution in [0.15, 0.2) is 63.3 Å². The number of nitrogens with zero attached hydrogens (tertiary/aromatic N) is 2. The van der Waals surface area contributed by atoms with E-state index < -0.39 is 5.82 Å². The minimum absolute atomic E-state index is 0.186. The van der Waals surface area contributed by atoms with Crippen LogP contribution < -0.4 is 4.74 Å². The number of rotatable bonds is 3. The summed E-state index contributed by atoms with van der Waals surface area (Å²) in [6, 6.07) is 4.60. The van der Waals surface area contributed by atoms with Crippen molar-refractivity contribution in [2.24, 2.45) is 9.98 Å². The van der Waals surface area contributed by atoms with Gasteiger partial charge in [-0.2, -0.15) is 0 Å². The molecule has 0 saturated carbocycles. The van der Waals surface area contributed by atoms with Crippen LogP contribution in [0.4, 0.5) is 4.39 Å². The molecule has 0 radical (unpaired) electrons. The molecule has 0 aliphatic heterocycles. The second-order valence-corrected chi connectivity index (χ2v) is 6.07. The summed E-state index contributed by atoms with van der Waals surface area (Å²) in [5, 5.41) is 0.266. The predicted octanol–water partition coefficient (Wildman–Crippen LogP) is 5.42. The molecule has 5 heteroatoms. The molecule has 126 valence electrons. The summed E-state index contributed by atoms with van der Waals surface area (Å²) < 4.78 is 19.7. The highest BCUT2D eigenvalue weighted by molar-refractivity contribution is 6.65. The van der Waals surface area contributed by atoms with Crippen molar-refractivity contribution >= 4 is 22.6 Å². The van der Waals surface area contributed by atoms with Crippen LogP contribution in [0.25, 0.3) is 0 Å². The standard InChI is InChI=1S/C19H20ClFN2O/c1-12-7-5-8-13(2)16(11-12)23-19(22-14(3)20)18-15(21)9-6-10-17(18)24-4/h5-6,8-11H,7H2,1-4H3. The number of halogens is 2. The summed E-state index contributed by atoms with van der Waals surface area (Å²) >= 11 is 5.95. The zero-order chi connectivity index (χ0) is 17.7. The molecule has 0 aromatic heterocycles. The Morgan fingerprint density at radius 2 is 2.04 bits per heavy atom. The van der Waals surface area contributed by atoms with Gasteiger partial charge in [-0.3, -0.25) is 0 Å². The molecule has 0 N–H and O–H groups in total. The fourth-order valence-corrected chi connectivity index (χ4v) is 2.40. The molecule has 24 heavy (non-hydrogen) atoms. The Kier molecular flexibility index (Phi) is 6.10. The van der Waals surface area contributed by atoms with Crippen molar-refractivity contribution in [2.45, 2.75) is 27.2 Å². The van der Waals surface area contributed by atoms with E-state index in [2.05, 4.69) is 16.1 Å². The molecular formula is C19H20ClFN2O. The highest BCUT2D eigenvalue weighted by atomic mass is 35.5. The zero-order valence-corrected chi connectivity index (χ0v) is 15.0. The number of aliphatic imine (C=N–C) groups is 2. The van der Waals surface area contributed by atoms with Crippen LogP contribution in [-0.2, 0) is 0 Å². The van der Waals surface area contributed by atoms with Gasteiger partial charge < -0.3 is 4.74 Å². The van der Waals surface area contributed by atoms with Gasteiger partial charge in [0.1, 0.15) is 16.7 Å². The molecule has 0 atom stereocenters. The molecular weight excluding hydrogens is 327 g/mol. The highest BCUT2D eigenvalue weighted by Gasteiger charge is 2.16. The van der Waals surface area contributed by atoms with Gasteiger partial charge in [-0.25, -0.2) is 14.4 Å². The summed E-state index contributed by atoms with van der Waals surface area (Å²) in [5.41, 5.74) is 3.05. The second-order valence-electron chi connectivity index (χ2n) is 5.53. The van der Waals surface area contributed by atoms with E-state index >= 15 is 0 Å². The zero-order valence-electron chi connectivity index (χ0n) is 14.2. The van der Waals surface area contributed by atoms with Crippen molar-refractivity contribution in [3.63, 3.8) is 0 Å². The molecule has 1 aliphatic rings. The van der Waals surface area contributed by atoms with Crippen molar-refractivity contribution < 1.29 is 9.13 Å². The lowest BCUT2D eigenvalue weighted by Crippen LogP contribution is -2.06. The molecule has 0 spiro atoms. The molecule has 0 saturated heterocycles. The first-order valence-electron chi connectivity index (χ1n) is 7.59. The predicted molar refractivity (Wildman–Crippen MR) is 98.7 cm³/mol. The molecule has 0 bridgehead atoms. The van der Waals surface area contributed by atoms with Crippen LogP contribution in [0, 0.1) is 5.82 Å². The summed E-state index contributed by atoms with van der Waals surface area (Å²) in [6.07, 6.45) is 6.90. The van der Waals surface area contributed by atoms with E-state index in [1.807, 2.05) is 26.0 Å².